The standard InChI is InChI=1S/C9H7N3O4/c13-7-1-2-8(14)12(7)16-9(15)6-5-10-3-4-11-6/h3-5H,1-2H2. The van der Waals surface area contributed by atoms with Crippen LogP contribution in [0.1, 0.15) is 23.3 Å². The number of hydrogen-bond donors (Lipinski definition) is 0. The third-order valence-corrected chi connectivity index (χ3v) is 1.95. The Bertz CT molecular complexity index is 429. The number of carbonyl (C=O) groups is 3. The van der Waals surface area contributed by atoms with Crippen molar-refractivity contribution in [3.63, 3.8) is 0 Å². The maximum Gasteiger partial charge on any atom is 0.383 e. The topological polar surface area (TPSA) is 89.5 Å². The van der Waals surface area contributed by atoms with Gasteiger partial charge in [0.15, 0.2) is 5.69 Å². The van der Waals surface area contributed by atoms with Crippen LogP contribution in [0.3, 0.4) is 0 Å². The van der Waals surface area contributed by atoms with Crippen molar-refractivity contribution in [2.24, 2.45) is 0 Å². The fourth-order valence-electron chi connectivity index (χ4n) is 1.19. The summed E-state index contributed by atoms with van der Waals surface area (Å²) in [7, 11) is 0. The Kier molecular flexibility index (Phi) is 2.59. The molecule has 2 rings (SSSR count). The highest BCUT2D eigenvalue weighted by molar-refractivity contribution is 6.02. The Morgan fingerprint density at radius 3 is 2.50 bits per heavy atom. The van der Waals surface area contributed by atoms with Crippen LogP contribution in [0, 0.1) is 0 Å². The van der Waals surface area contributed by atoms with Gasteiger partial charge in [-0.25, -0.2) is 9.78 Å². The van der Waals surface area contributed by atoms with E-state index in [2.05, 4.69) is 14.8 Å². The number of rotatable bonds is 2. The van der Waals surface area contributed by atoms with Gasteiger partial charge in [0.05, 0.1) is 6.20 Å². The molecule has 2 heterocycles. The van der Waals surface area contributed by atoms with Crippen LogP contribution in [0.4, 0.5) is 0 Å². The average Bonchev–Trinajstić information content (AvgIpc) is 2.62. The number of carbonyl (C=O) groups excluding carboxylic acids is 3. The molecule has 0 unspecified atom stereocenters. The zero-order valence-corrected chi connectivity index (χ0v) is 8.12. The van der Waals surface area contributed by atoms with Crippen LogP contribution in [0.5, 0.6) is 0 Å². The molecule has 7 nitrogen and oxygen atoms in total. The fourth-order valence-corrected chi connectivity index (χ4v) is 1.19. The van der Waals surface area contributed by atoms with Crippen molar-refractivity contribution in [2.75, 3.05) is 0 Å². The number of hydrogen-bond acceptors (Lipinski definition) is 6. The van der Waals surface area contributed by atoms with Crippen LogP contribution in [0.25, 0.3) is 0 Å². The molecular formula is C9H7N3O4. The molecule has 1 saturated heterocycles. The first kappa shape index (κ1) is 10.2. The normalized spacial score (nSPS) is 15.4. The lowest BCUT2D eigenvalue weighted by molar-refractivity contribution is -0.172. The van der Waals surface area contributed by atoms with Crippen LogP contribution in [0.15, 0.2) is 18.6 Å². The summed E-state index contributed by atoms with van der Waals surface area (Å²) in [5, 5.41) is 0.469. The van der Waals surface area contributed by atoms with Crippen LogP contribution in [-0.2, 0) is 14.4 Å². The van der Waals surface area contributed by atoms with E-state index < -0.39 is 17.8 Å². The second kappa shape index (κ2) is 4.05. The van der Waals surface area contributed by atoms with Crippen LogP contribution in [0.2, 0.25) is 0 Å². The van der Waals surface area contributed by atoms with Crippen molar-refractivity contribution in [2.45, 2.75) is 12.8 Å². The van der Waals surface area contributed by atoms with Gasteiger partial charge in [-0.05, 0) is 0 Å². The zero-order valence-electron chi connectivity index (χ0n) is 8.12. The minimum Gasteiger partial charge on any atom is -0.323 e. The third kappa shape index (κ3) is 1.88. The molecule has 0 N–H and O–H groups in total. The van der Waals surface area contributed by atoms with Crippen LogP contribution in [-0.4, -0.2) is 32.8 Å². The predicted octanol–water partition coefficient (Wildman–Crippen LogP) is -0.303. The molecule has 1 aliphatic heterocycles. The summed E-state index contributed by atoms with van der Waals surface area (Å²) in [6.45, 7) is 0. The van der Waals surface area contributed by atoms with Crippen molar-refractivity contribution in [1.29, 1.82) is 0 Å². The average molecular weight is 221 g/mol. The van der Waals surface area contributed by atoms with E-state index in [1.165, 1.54) is 18.6 Å². The Balaban J connectivity index is 2.08. The lowest BCUT2D eigenvalue weighted by Gasteiger charge is -2.11. The van der Waals surface area contributed by atoms with Gasteiger partial charge in [0, 0.05) is 25.2 Å². The fraction of sp³-hybridized carbons (Fsp3) is 0.222. The van der Waals surface area contributed by atoms with Gasteiger partial charge < -0.3 is 4.84 Å². The smallest absolute Gasteiger partial charge is 0.323 e. The van der Waals surface area contributed by atoms with Crippen molar-refractivity contribution >= 4 is 17.8 Å². The molecule has 0 aromatic carbocycles. The van der Waals surface area contributed by atoms with Gasteiger partial charge in [0.1, 0.15) is 0 Å². The summed E-state index contributed by atoms with van der Waals surface area (Å²) >= 11 is 0. The first-order chi connectivity index (χ1) is 7.68. The van der Waals surface area contributed by atoms with E-state index in [0.717, 1.165) is 0 Å². The van der Waals surface area contributed by atoms with E-state index in [1.54, 1.807) is 0 Å². The Morgan fingerprint density at radius 1 is 1.25 bits per heavy atom. The van der Waals surface area contributed by atoms with Gasteiger partial charge >= 0.3 is 5.97 Å². The van der Waals surface area contributed by atoms with Gasteiger partial charge in [0.25, 0.3) is 11.8 Å². The van der Waals surface area contributed by atoms with E-state index in [9.17, 15) is 14.4 Å². The van der Waals surface area contributed by atoms with Gasteiger partial charge in [-0.1, -0.05) is 0 Å². The van der Waals surface area contributed by atoms with Gasteiger partial charge in [-0.15, -0.1) is 5.06 Å². The second-order valence-corrected chi connectivity index (χ2v) is 3.05. The summed E-state index contributed by atoms with van der Waals surface area (Å²) in [6, 6.07) is 0. The molecule has 0 aliphatic carbocycles. The van der Waals surface area contributed by atoms with E-state index in [-0.39, 0.29) is 18.5 Å². The molecule has 1 aromatic rings. The third-order valence-electron chi connectivity index (χ3n) is 1.95. The molecule has 1 fully saturated rings. The van der Waals surface area contributed by atoms with Gasteiger partial charge in [0.2, 0.25) is 0 Å². The summed E-state index contributed by atoms with van der Waals surface area (Å²) < 4.78 is 0. The van der Waals surface area contributed by atoms with E-state index in [4.69, 9.17) is 0 Å². The molecule has 7 heteroatoms. The summed E-state index contributed by atoms with van der Waals surface area (Å²) in [5.41, 5.74) is -0.0602. The Labute approximate surface area is 90.0 Å². The molecule has 1 aromatic heterocycles. The first-order valence-corrected chi connectivity index (χ1v) is 4.52. The summed E-state index contributed by atoms with van der Waals surface area (Å²) in [5.74, 6) is -1.93. The van der Waals surface area contributed by atoms with Gasteiger partial charge in [-0.2, -0.15) is 0 Å². The van der Waals surface area contributed by atoms with E-state index in [0.29, 0.717) is 5.06 Å². The Morgan fingerprint density at radius 2 is 1.94 bits per heavy atom. The molecule has 0 spiro atoms. The van der Waals surface area contributed by atoms with Crippen LogP contribution >= 0.6 is 0 Å². The minimum absolute atomic E-state index is 0.0602. The lowest BCUT2D eigenvalue weighted by atomic mass is 10.4. The van der Waals surface area contributed by atoms with Gasteiger partial charge in [-0.3, -0.25) is 14.6 Å². The molecule has 0 radical (unpaired) electrons. The maximum atomic E-state index is 11.4. The van der Waals surface area contributed by atoms with Crippen molar-refractivity contribution in [1.82, 2.24) is 15.0 Å². The SMILES string of the molecule is O=C(ON1C(=O)CCC1=O)c1cnccn1. The van der Waals surface area contributed by atoms with Crippen LogP contribution < -0.4 is 0 Å². The molecule has 16 heavy (non-hydrogen) atoms. The maximum absolute atomic E-state index is 11.4. The largest absolute Gasteiger partial charge is 0.383 e. The molecule has 0 atom stereocenters. The van der Waals surface area contributed by atoms with Crippen molar-refractivity contribution in [3.05, 3.63) is 24.3 Å². The molecule has 2 amide bonds. The molecule has 82 valence electrons. The molecular weight excluding hydrogens is 214 g/mol. The van der Waals surface area contributed by atoms with Crippen molar-refractivity contribution < 1.29 is 19.2 Å². The van der Waals surface area contributed by atoms with E-state index in [1.807, 2.05) is 0 Å². The highest BCUT2D eigenvalue weighted by atomic mass is 16.7. The number of hydroxylamine groups is 2. The highest BCUT2D eigenvalue weighted by Gasteiger charge is 2.33. The molecule has 0 bridgehead atoms. The monoisotopic (exact) mass is 221 g/mol. The predicted molar refractivity (Wildman–Crippen MR) is 48.5 cm³/mol. The van der Waals surface area contributed by atoms with E-state index >= 15 is 0 Å². The zero-order chi connectivity index (χ0) is 11.5. The summed E-state index contributed by atoms with van der Waals surface area (Å²) in [6.07, 6.45) is 4.01. The molecule has 0 saturated carbocycles. The number of aromatic nitrogens is 2. The number of imide groups is 1. The lowest BCUT2D eigenvalue weighted by Crippen LogP contribution is -2.32. The summed E-state index contributed by atoms with van der Waals surface area (Å²) in [4.78, 5) is 45.7. The minimum atomic E-state index is -0.878. The molecule has 1 aliphatic rings. The second-order valence-electron chi connectivity index (χ2n) is 3.05. The quantitative estimate of drug-likeness (QED) is 0.637. The highest BCUT2D eigenvalue weighted by Crippen LogP contribution is 2.13. The number of nitrogens with zero attached hydrogens (tertiary/aromatic N) is 3. The number of amides is 2. The van der Waals surface area contributed by atoms with Crippen molar-refractivity contribution in [3.8, 4) is 0 Å². The Hall–Kier alpha value is -2.31. The first-order valence-electron chi connectivity index (χ1n) is 4.52.